The maximum absolute atomic E-state index is 10.7. The van der Waals surface area contributed by atoms with Crippen LogP contribution in [0.5, 0.6) is 0 Å². The molecule has 0 aliphatic heterocycles. The van der Waals surface area contributed by atoms with Crippen molar-refractivity contribution in [2.24, 2.45) is 0 Å². The lowest BCUT2D eigenvalue weighted by Gasteiger charge is -2.17. The van der Waals surface area contributed by atoms with Crippen molar-refractivity contribution in [2.75, 3.05) is 7.11 Å². The predicted molar refractivity (Wildman–Crippen MR) is 50.5 cm³/mol. The average Bonchev–Trinajstić information content (AvgIpc) is 2.17. The Hall–Kier alpha value is -1.71. The number of hydrogen-bond acceptors (Lipinski definition) is 4. The van der Waals surface area contributed by atoms with Crippen LogP contribution in [0.1, 0.15) is 6.92 Å². The van der Waals surface area contributed by atoms with Crippen molar-refractivity contribution in [3.63, 3.8) is 0 Å². The Morgan fingerprint density at radius 2 is 2.36 bits per heavy atom. The fourth-order valence-electron chi connectivity index (χ4n) is 1.11. The molecule has 0 aromatic rings. The molecule has 0 aromatic heterocycles. The van der Waals surface area contributed by atoms with Gasteiger partial charge in [-0.2, -0.15) is 0 Å². The summed E-state index contributed by atoms with van der Waals surface area (Å²) in [5, 5.41) is 8.90. The van der Waals surface area contributed by atoms with Gasteiger partial charge in [0.05, 0.1) is 13.4 Å². The maximum Gasteiger partial charge on any atom is 0.303 e. The number of carbonyl (C=O) groups is 1. The van der Waals surface area contributed by atoms with E-state index in [9.17, 15) is 4.79 Å². The molecule has 4 heteroatoms. The van der Waals surface area contributed by atoms with Crippen molar-refractivity contribution >= 4 is 5.97 Å². The number of hydrogen-bond donors (Lipinski definition) is 1. The second kappa shape index (κ2) is 4.50. The van der Waals surface area contributed by atoms with E-state index in [0.717, 1.165) is 6.26 Å². The molecule has 0 spiro atoms. The lowest BCUT2D eigenvalue weighted by atomic mass is 10.1. The normalized spacial score (nSPS) is 23.1. The Morgan fingerprint density at radius 3 is 2.86 bits per heavy atom. The molecular weight excluding hydrogens is 184 g/mol. The molecule has 76 valence electrons. The first-order chi connectivity index (χ1) is 6.67. The van der Waals surface area contributed by atoms with Crippen molar-refractivity contribution < 1.29 is 19.4 Å². The van der Waals surface area contributed by atoms with E-state index in [1.165, 1.54) is 14.0 Å². The molecule has 0 amide bonds. The average molecular weight is 196 g/mol. The maximum atomic E-state index is 10.7. The smallest absolute Gasteiger partial charge is 0.303 e. The van der Waals surface area contributed by atoms with Crippen LogP contribution in [0, 0.1) is 0 Å². The summed E-state index contributed by atoms with van der Waals surface area (Å²) in [7, 11) is 1.53. The minimum atomic E-state index is -0.531. The fraction of sp³-hybridized carbons (Fsp3) is 0.300. The van der Waals surface area contributed by atoms with Gasteiger partial charge in [0.15, 0.2) is 0 Å². The van der Waals surface area contributed by atoms with Crippen molar-refractivity contribution in [3.05, 3.63) is 35.8 Å². The van der Waals surface area contributed by atoms with E-state index >= 15 is 0 Å². The van der Waals surface area contributed by atoms with E-state index < -0.39 is 12.1 Å². The van der Waals surface area contributed by atoms with E-state index in [4.69, 9.17) is 14.6 Å². The molecule has 4 nitrogen and oxygen atoms in total. The number of methoxy groups -OCH3 is 1. The molecule has 0 heterocycles. The highest BCUT2D eigenvalue weighted by Crippen LogP contribution is 2.19. The molecule has 0 aromatic carbocycles. The molecule has 0 saturated heterocycles. The molecular formula is C10H12O4. The topological polar surface area (TPSA) is 55.8 Å². The molecule has 0 fully saturated rings. The van der Waals surface area contributed by atoms with Crippen LogP contribution >= 0.6 is 0 Å². The summed E-state index contributed by atoms with van der Waals surface area (Å²) in [6.45, 7) is 1.32. The largest absolute Gasteiger partial charge is 0.515 e. The third-order valence-electron chi connectivity index (χ3n) is 1.75. The molecule has 1 aliphatic carbocycles. The van der Waals surface area contributed by atoms with Crippen LogP contribution in [0.25, 0.3) is 0 Å². The van der Waals surface area contributed by atoms with E-state index in [-0.39, 0.29) is 0 Å². The molecule has 0 saturated carbocycles. The number of rotatable bonds is 2. The van der Waals surface area contributed by atoms with Crippen LogP contribution in [0.3, 0.4) is 0 Å². The van der Waals surface area contributed by atoms with Gasteiger partial charge in [-0.25, -0.2) is 0 Å². The van der Waals surface area contributed by atoms with Crippen molar-refractivity contribution in [1.29, 1.82) is 0 Å². The summed E-state index contributed by atoms with van der Waals surface area (Å²) in [6.07, 6.45) is 5.29. The molecule has 1 rings (SSSR count). The van der Waals surface area contributed by atoms with Crippen LogP contribution in [0.2, 0.25) is 0 Å². The summed E-state index contributed by atoms with van der Waals surface area (Å²) in [5.74, 6) is 0.210. The molecule has 14 heavy (non-hydrogen) atoms. The van der Waals surface area contributed by atoms with Crippen molar-refractivity contribution in [1.82, 2.24) is 0 Å². The van der Waals surface area contributed by atoms with Gasteiger partial charge in [-0.3, -0.25) is 4.79 Å². The lowest BCUT2D eigenvalue weighted by Crippen LogP contribution is -2.18. The number of allylic oxidation sites excluding steroid dienone is 1. The first kappa shape index (κ1) is 10.4. The quantitative estimate of drug-likeness (QED) is 0.536. The van der Waals surface area contributed by atoms with Gasteiger partial charge in [0.2, 0.25) is 0 Å². The van der Waals surface area contributed by atoms with E-state index in [1.54, 1.807) is 18.2 Å². The van der Waals surface area contributed by atoms with E-state index in [2.05, 4.69) is 0 Å². The minimum absolute atomic E-state index is 0.395. The van der Waals surface area contributed by atoms with Gasteiger partial charge in [0.1, 0.15) is 11.9 Å². The Kier molecular flexibility index (Phi) is 3.34. The molecule has 1 aliphatic rings. The van der Waals surface area contributed by atoms with Crippen LogP contribution in [-0.4, -0.2) is 24.3 Å². The van der Waals surface area contributed by atoms with Crippen molar-refractivity contribution in [2.45, 2.75) is 13.0 Å². The van der Waals surface area contributed by atoms with Gasteiger partial charge in [-0.1, -0.05) is 0 Å². The van der Waals surface area contributed by atoms with Gasteiger partial charge in [0, 0.05) is 12.5 Å². The van der Waals surface area contributed by atoms with E-state index in [0.29, 0.717) is 11.3 Å². The third-order valence-corrected chi connectivity index (χ3v) is 1.75. The first-order valence-corrected chi connectivity index (χ1v) is 4.12. The summed E-state index contributed by atoms with van der Waals surface area (Å²) >= 11 is 0. The van der Waals surface area contributed by atoms with Gasteiger partial charge < -0.3 is 14.6 Å². The molecule has 1 N–H and O–H groups in total. The fourth-order valence-corrected chi connectivity index (χ4v) is 1.11. The van der Waals surface area contributed by atoms with Gasteiger partial charge in [-0.15, -0.1) is 0 Å². The zero-order valence-electron chi connectivity index (χ0n) is 8.06. The summed E-state index contributed by atoms with van der Waals surface area (Å²) < 4.78 is 9.89. The highest BCUT2D eigenvalue weighted by atomic mass is 16.5. The standard InChI is InChI=1S/C10H12O4/c1-7(12)14-10-4-3-9(13-2)5-8(10)6-11/h3-6,10-11H,1-2H3. The second-order valence-electron chi connectivity index (χ2n) is 2.77. The minimum Gasteiger partial charge on any atom is -0.515 e. The zero-order chi connectivity index (χ0) is 10.6. The summed E-state index contributed by atoms with van der Waals surface area (Å²) in [4.78, 5) is 10.7. The van der Waals surface area contributed by atoms with Gasteiger partial charge in [-0.05, 0) is 18.2 Å². The third kappa shape index (κ3) is 2.39. The Balaban J connectivity index is 2.79. The van der Waals surface area contributed by atoms with Crippen LogP contribution in [0.4, 0.5) is 0 Å². The van der Waals surface area contributed by atoms with E-state index in [1.807, 2.05) is 0 Å². The highest BCUT2D eigenvalue weighted by Gasteiger charge is 2.17. The lowest BCUT2D eigenvalue weighted by molar-refractivity contribution is -0.142. The number of esters is 1. The summed E-state index contributed by atoms with van der Waals surface area (Å²) in [6, 6.07) is 0. The summed E-state index contributed by atoms with van der Waals surface area (Å²) in [5.41, 5.74) is 0.486. The second-order valence-corrected chi connectivity index (χ2v) is 2.77. The first-order valence-electron chi connectivity index (χ1n) is 4.12. The van der Waals surface area contributed by atoms with Crippen LogP contribution in [0.15, 0.2) is 35.8 Å². The molecule has 0 bridgehead atoms. The number of aliphatic hydroxyl groups excluding tert-OH is 1. The zero-order valence-corrected chi connectivity index (χ0v) is 8.06. The highest BCUT2D eigenvalue weighted by molar-refractivity contribution is 5.67. The monoisotopic (exact) mass is 196 g/mol. The van der Waals surface area contributed by atoms with Gasteiger partial charge in [0.25, 0.3) is 0 Å². The number of ether oxygens (including phenoxy) is 2. The van der Waals surface area contributed by atoms with Crippen LogP contribution < -0.4 is 0 Å². The Morgan fingerprint density at radius 1 is 1.64 bits per heavy atom. The number of carbonyl (C=O) groups excluding carboxylic acids is 1. The van der Waals surface area contributed by atoms with Crippen molar-refractivity contribution in [3.8, 4) is 0 Å². The Labute approximate surface area is 82.1 Å². The van der Waals surface area contributed by atoms with Crippen LogP contribution in [-0.2, 0) is 14.3 Å². The molecule has 1 atom stereocenters. The predicted octanol–water partition coefficient (Wildman–Crippen LogP) is 1.46. The Bertz CT molecular complexity index is 312. The molecule has 0 radical (unpaired) electrons. The SMILES string of the molecule is COC1=CC(=CO)C(OC(C)=O)C=C1. The number of aliphatic hydroxyl groups is 1. The molecule has 1 unspecified atom stereocenters. The van der Waals surface area contributed by atoms with Gasteiger partial charge >= 0.3 is 5.97 Å².